The standard InChI is InChI=1S/C17H28N/c1-14-16-11-9-7-5-4-6-8-10-12-17(13-16)15(2)18(14)3/h13H,4-12H2,1-3H3/q+1. The van der Waals surface area contributed by atoms with Crippen LogP contribution in [-0.4, -0.2) is 0 Å². The zero-order chi connectivity index (χ0) is 13.0. The van der Waals surface area contributed by atoms with Gasteiger partial charge in [0.2, 0.25) is 0 Å². The summed E-state index contributed by atoms with van der Waals surface area (Å²) in [7, 11) is 2.23. The zero-order valence-electron chi connectivity index (χ0n) is 12.4. The minimum absolute atomic E-state index is 1.27. The number of aryl methyl sites for hydroxylation is 2. The Balaban J connectivity index is 2.27. The summed E-state index contributed by atoms with van der Waals surface area (Å²) in [5, 5.41) is 0. The average molecular weight is 246 g/mol. The summed E-state index contributed by atoms with van der Waals surface area (Å²) in [5.41, 5.74) is 6.10. The molecule has 2 bridgehead atoms. The zero-order valence-corrected chi connectivity index (χ0v) is 12.4. The van der Waals surface area contributed by atoms with Gasteiger partial charge in [0.15, 0.2) is 11.4 Å². The Morgan fingerprint density at radius 1 is 0.722 bits per heavy atom. The second-order valence-electron chi connectivity index (χ2n) is 5.90. The van der Waals surface area contributed by atoms with Gasteiger partial charge in [0, 0.05) is 25.0 Å². The number of aromatic nitrogens is 1. The van der Waals surface area contributed by atoms with E-state index in [1.165, 1.54) is 69.2 Å². The molecule has 0 radical (unpaired) electrons. The molecule has 0 amide bonds. The topological polar surface area (TPSA) is 3.88 Å². The van der Waals surface area contributed by atoms with Crippen molar-refractivity contribution in [3.05, 3.63) is 28.6 Å². The molecule has 1 aromatic heterocycles. The molecule has 0 aromatic carbocycles. The monoisotopic (exact) mass is 246 g/mol. The highest BCUT2D eigenvalue weighted by Crippen LogP contribution is 2.19. The third-order valence-corrected chi connectivity index (χ3v) is 4.68. The highest BCUT2D eigenvalue weighted by atomic mass is 14.9. The highest BCUT2D eigenvalue weighted by molar-refractivity contribution is 5.25. The van der Waals surface area contributed by atoms with E-state index in [1.807, 2.05) is 0 Å². The van der Waals surface area contributed by atoms with Crippen molar-refractivity contribution in [2.45, 2.75) is 71.6 Å². The summed E-state index contributed by atoms with van der Waals surface area (Å²) < 4.78 is 2.40. The van der Waals surface area contributed by atoms with Crippen LogP contribution in [0.5, 0.6) is 0 Å². The lowest BCUT2D eigenvalue weighted by atomic mass is 9.96. The van der Waals surface area contributed by atoms with Gasteiger partial charge in [0.25, 0.3) is 0 Å². The highest BCUT2D eigenvalue weighted by Gasteiger charge is 2.16. The quantitative estimate of drug-likeness (QED) is 0.610. The molecule has 1 heteroatoms. The lowest BCUT2D eigenvalue weighted by molar-refractivity contribution is -0.684. The first-order chi connectivity index (χ1) is 8.70. The lowest BCUT2D eigenvalue weighted by Gasteiger charge is -2.12. The van der Waals surface area contributed by atoms with Gasteiger partial charge >= 0.3 is 0 Å². The number of nitrogens with zero attached hydrogens (tertiary/aromatic N) is 1. The van der Waals surface area contributed by atoms with Crippen LogP contribution in [0.15, 0.2) is 6.07 Å². The summed E-state index contributed by atoms with van der Waals surface area (Å²) in [4.78, 5) is 0. The van der Waals surface area contributed by atoms with E-state index < -0.39 is 0 Å². The van der Waals surface area contributed by atoms with E-state index in [2.05, 4.69) is 31.5 Å². The summed E-state index contributed by atoms with van der Waals surface area (Å²) >= 11 is 0. The molecule has 0 atom stereocenters. The van der Waals surface area contributed by atoms with Gasteiger partial charge in [-0.15, -0.1) is 0 Å². The number of rotatable bonds is 0. The summed E-state index contributed by atoms with van der Waals surface area (Å²) in [5.74, 6) is 0. The fraction of sp³-hybridized carbons (Fsp3) is 0.706. The first-order valence-corrected chi connectivity index (χ1v) is 7.68. The average Bonchev–Trinajstić information content (AvgIpc) is 2.35. The van der Waals surface area contributed by atoms with Crippen LogP contribution >= 0.6 is 0 Å². The molecule has 0 saturated carbocycles. The van der Waals surface area contributed by atoms with E-state index in [1.54, 1.807) is 11.1 Å². The third kappa shape index (κ3) is 3.13. The van der Waals surface area contributed by atoms with Crippen LogP contribution in [0.3, 0.4) is 0 Å². The maximum Gasteiger partial charge on any atom is 0.181 e. The Hall–Kier alpha value is -0.850. The van der Waals surface area contributed by atoms with Gasteiger partial charge in [-0.2, -0.15) is 0 Å². The van der Waals surface area contributed by atoms with Crippen molar-refractivity contribution in [1.82, 2.24) is 0 Å². The van der Waals surface area contributed by atoms with Gasteiger partial charge in [-0.3, -0.25) is 0 Å². The molecular weight excluding hydrogens is 218 g/mol. The first-order valence-electron chi connectivity index (χ1n) is 7.68. The summed E-state index contributed by atoms with van der Waals surface area (Å²) in [6.45, 7) is 4.55. The van der Waals surface area contributed by atoms with Gasteiger partial charge in [-0.25, -0.2) is 4.57 Å². The van der Waals surface area contributed by atoms with Crippen LogP contribution < -0.4 is 4.57 Å². The normalized spacial score (nSPS) is 17.9. The molecule has 0 spiro atoms. The summed E-state index contributed by atoms with van der Waals surface area (Å²) in [6.07, 6.45) is 12.4. The van der Waals surface area contributed by atoms with Gasteiger partial charge in [-0.05, 0) is 31.7 Å². The molecule has 1 nitrogen and oxygen atoms in total. The van der Waals surface area contributed by atoms with Crippen molar-refractivity contribution in [2.24, 2.45) is 7.05 Å². The van der Waals surface area contributed by atoms with Crippen LogP contribution in [0.2, 0.25) is 0 Å². The van der Waals surface area contributed by atoms with Crippen LogP contribution in [-0.2, 0) is 19.9 Å². The van der Waals surface area contributed by atoms with E-state index >= 15 is 0 Å². The fourth-order valence-corrected chi connectivity index (χ4v) is 3.12. The SMILES string of the molecule is Cc1c2cc(c(C)[n+]1C)CCCCCCCCC2. The molecular formula is C17H28N+. The number of fused-ring (bicyclic) bond motifs is 2. The predicted molar refractivity (Wildman–Crippen MR) is 76.8 cm³/mol. The largest absolute Gasteiger partial charge is 0.202 e. The molecule has 0 saturated heterocycles. The van der Waals surface area contributed by atoms with Gasteiger partial charge in [0.05, 0.1) is 0 Å². The number of pyridine rings is 1. The Morgan fingerprint density at radius 3 is 1.56 bits per heavy atom. The van der Waals surface area contributed by atoms with E-state index in [9.17, 15) is 0 Å². The van der Waals surface area contributed by atoms with Gasteiger partial charge in [-0.1, -0.05) is 32.1 Å². The van der Waals surface area contributed by atoms with E-state index in [0.29, 0.717) is 0 Å². The maximum absolute atomic E-state index is 2.49. The predicted octanol–water partition coefficient (Wildman–Crippen LogP) is 3.96. The molecule has 1 aliphatic rings. The van der Waals surface area contributed by atoms with Crippen molar-refractivity contribution in [1.29, 1.82) is 0 Å². The van der Waals surface area contributed by atoms with Crippen LogP contribution in [0.1, 0.15) is 67.5 Å². The van der Waals surface area contributed by atoms with Gasteiger partial charge < -0.3 is 0 Å². The Bertz CT molecular complexity index is 372. The van der Waals surface area contributed by atoms with Crippen molar-refractivity contribution < 1.29 is 4.57 Å². The van der Waals surface area contributed by atoms with Crippen LogP contribution in [0.4, 0.5) is 0 Å². The minimum Gasteiger partial charge on any atom is -0.202 e. The number of hydrogen-bond acceptors (Lipinski definition) is 0. The molecule has 0 aliphatic heterocycles. The lowest BCUT2D eigenvalue weighted by Crippen LogP contribution is -2.38. The smallest absolute Gasteiger partial charge is 0.181 e. The van der Waals surface area contributed by atoms with Crippen molar-refractivity contribution in [3.63, 3.8) is 0 Å². The molecule has 1 aliphatic carbocycles. The van der Waals surface area contributed by atoms with Crippen LogP contribution in [0.25, 0.3) is 0 Å². The minimum atomic E-state index is 1.27. The van der Waals surface area contributed by atoms with Crippen LogP contribution in [0, 0.1) is 13.8 Å². The third-order valence-electron chi connectivity index (χ3n) is 4.68. The van der Waals surface area contributed by atoms with Crippen molar-refractivity contribution in [3.8, 4) is 0 Å². The number of hydrogen-bond donors (Lipinski definition) is 0. The molecule has 1 aromatic rings. The van der Waals surface area contributed by atoms with Crippen molar-refractivity contribution in [2.75, 3.05) is 0 Å². The molecule has 0 N–H and O–H groups in total. The molecule has 0 fully saturated rings. The second kappa shape index (κ2) is 6.36. The van der Waals surface area contributed by atoms with E-state index in [-0.39, 0.29) is 0 Å². The molecule has 18 heavy (non-hydrogen) atoms. The maximum atomic E-state index is 2.49. The molecule has 1 heterocycles. The second-order valence-corrected chi connectivity index (χ2v) is 5.90. The Labute approximate surface area is 112 Å². The molecule has 0 unspecified atom stereocenters. The van der Waals surface area contributed by atoms with Gasteiger partial charge in [0.1, 0.15) is 7.05 Å². The summed E-state index contributed by atoms with van der Waals surface area (Å²) in [6, 6.07) is 2.49. The van der Waals surface area contributed by atoms with Crippen molar-refractivity contribution >= 4 is 0 Å². The molecule has 100 valence electrons. The van der Waals surface area contributed by atoms with E-state index in [4.69, 9.17) is 0 Å². The fourth-order valence-electron chi connectivity index (χ4n) is 3.12. The Kier molecular flexibility index (Phi) is 4.79. The molecule has 2 rings (SSSR count). The Morgan fingerprint density at radius 2 is 1.11 bits per heavy atom. The first kappa shape index (κ1) is 13.6. The van der Waals surface area contributed by atoms with E-state index in [0.717, 1.165) is 0 Å².